The van der Waals surface area contributed by atoms with Gasteiger partial charge in [0.15, 0.2) is 0 Å². The summed E-state index contributed by atoms with van der Waals surface area (Å²) in [5.74, 6) is 0. The minimum Gasteiger partial charge on any atom is -0.192 e. The van der Waals surface area contributed by atoms with Gasteiger partial charge >= 0.3 is 0 Å². The maximum atomic E-state index is 8.95. The van der Waals surface area contributed by atoms with Crippen LogP contribution < -0.4 is 0 Å². The number of nitriles is 2. The minimum atomic E-state index is 0.472. The van der Waals surface area contributed by atoms with Crippen LogP contribution in [0.25, 0.3) is 10.1 Å². The van der Waals surface area contributed by atoms with Gasteiger partial charge in [-0.2, -0.15) is 10.5 Å². The number of nitrogens with zero attached hydrogens (tertiary/aromatic N) is 2. The molecule has 2 nitrogen and oxygen atoms in total. The van der Waals surface area contributed by atoms with Gasteiger partial charge in [0.1, 0.15) is 17.0 Å². The second kappa shape index (κ2) is 3.42. The van der Waals surface area contributed by atoms with Crippen LogP contribution in [0.1, 0.15) is 10.4 Å². The second-order valence-corrected chi connectivity index (χ2v) is 4.55. The zero-order valence-corrected chi connectivity index (χ0v) is 9.32. The summed E-state index contributed by atoms with van der Waals surface area (Å²) in [4.78, 5) is 0.481. The van der Waals surface area contributed by atoms with Crippen molar-refractivity contribution in [2.45, 2.75) is 0 Å². The fourth-order valence-corrected chi connectivity index (χ4v) is 2.96. The van der Waals surface area contributed by atoms with Crippen LogP contribution in [-0.2, 0) is 0 Å². The normalized spacial score (nSPS) is 9.64. The molecule has 0 spiro atoms. The van der Waals surface area contributed by atoms with Crippen LogP contribution in [0.15, 0.2) is 22.7 Å². The van der Waals surface area contributed by atoms with Gasteiger partial charge in [0.25, 0.3) is 0 Å². The molecule has 0 atom stereocenters. The van der Waals surface area contributed by atoms with Crippen LogP contribution in [-0.4, -0.2) is 0 Å². The predicted molar refractivity (Wildman–Crippen MR) is 59.0 cm³/mol. The van der Waals surface area contributed by atoms with E-state index in [4.69, 9.17) is 10.5 Å². The Morgan fingerprint density at radius 1 is 1.21 bits per heavy atom. The van der Waals surface area contributed by atoms with Crippen LogP contribution >= 0.6 is 27.3 Å². The lowest BCUT2D eigenvalue weighted by atomic mass is 10.1. The van der Waals surface area contributed by atoms with Crippen molar-refractivity contribution >= 4 is 37.4 Å². The summed E-state index contributed by atoms with van der Waals surface area (Å²) in [6.07, 6.45) is 0. The van der Waals surface area contributed by atoms with Gasteiger partial charge in [-0.3, -0.25) is 0 Å². The molecule has 0 unspecified atom stereocenters. The molecule has 0 saturated carbocycles. The van der Waals surface area contributed by atoms with Crippen molar-refractivity contribution in [3.63, 3.8) is 0 Å². The summed E-state index contributed by atoms with van der Waals surface area (Å²) in [5.41, 5.74) is 0.472. The Hall–Kier alpha value is -1.36. The highest BCUT2D eigenvalue weighted by Crippen LogP contribution is 2.35. The molecule has 0 aliphatic rings. The van der Waals surface area contributed by atoms with Crippen molar-refractivity contribution in [1.29, 1.82) is 10.5 Å². The second-order valence-electron chi connectivity index (χ2n) is 2.64. The number of fused-ring (bicyclic) bond motifs is 1. The summed E-state index contributed by atoms with van der Waals surface area (Å²) >= 11 is 4.73. The molecule has 1 aromatic heterocycles. The van der Waals surface area contributed by atoms with Crippen LogP contribution in [0.5, 0.6) is 0 Å². The summed E-state index contributed by atoms with van der Waals surface area (Å²) in [5, 5.41) is 18.6. The average Bonchev–Trinajstić information content (AvgIpc) is 2.56. The van der Waals surface area contributed by atoms with Crippen LogP contribution in [0.4, 0.5) is 0 Å². The fourth-order valence-electron chi connectivity index (χ4n) is 1.29. The van der Waals surface area contributed by atoms with E-state index in [1.54, 1.807) is 0 Å². The molecule has 0 radical (unpaired) electrons. The van der Waals surface area contributed by atoms with Crippen LogP contribution in [0, 0.1) is 22.7 Å². The Bertz CT molecular complexity index is 586. The molecule has 66 valence electrons. The number of hydrogen-bond acceptors (Lipinski definition) is 3. The van der Waals surface area contributed by atoms with Crippen molar-refractivity contribution in [2.24, 2.45) is 0 Å². The van der Waals surface area contributed by atoms with E-state index in [0.717, 1.165) is 14.6 Å². The molecular formula is C10H3BrN2S. The van der Waals surface area contributed by atoms with Gasteiger partial charge in [-0.1, -0.05) is 22.0 Å². The number of hydrogen-bond donors (Lipinski definition) is 0. The van der Waals surface area contributed by atoms with E-state index in [9.17, 15) is 0 Å². The van der Waals surface area contributed by atoms with Crippen LogP contribution in [0.3, 0.4) is 0 Å². The zero-order valence-electron chi connectivity index (χ0n) is 6.91. The average molecular weight is 263 g/mol. The highest BCUT2D eigenvalue weighted by atomic mass is 79.9. The molecule has 14 heavy (non-hydrogen) atoms. The first kappa shape index (κ1) is 9.21. The molecule has 2 rings (SSSR count). The minimum absolute atomic E-state index is 0.472. The summed E-state index contributed by atoms with van der Waals surface area (Å²) in [6, 6.07) is 9.78. The SMILES string of the molecule is N#Cc1sc2cccc(Br)c2c1C#N. The van der Waals surface area contributed by atoms with Crippen molar-refractivity contribution in [1.82, 2.24) is 0 Å². The van der Waals surface area contributed by atoms with Gasteiger partial charge in [0.05, 0.1) is 5.56 Å². The number of rotatable bonds is 0. The monoisotopic (exact) mass is 262 g/mol. The summed E-state index contributed by atoms with van der Waals surface area (Å²) < 4.78 is 1.83. The molecule has 0 fully saturated rings. The Labute approximate surface area is 93.1 Å². The highest BCUT2D eigenvalue weighted by molar-refractivity contribution is 9.10. The Morgan fingerprint density at radius 3 is 2.64 bits per heavy atom. The summed E-state index contributed by atoms with van der Waals surface area (Å²) in [7, 11) is 0. The van der Waals surface area contributed by atoms with Gasteiger partial charge in [0.2, 0.25) is 0 Å². The molecule has 1 aromatic carbocycles. The van der Waals surface area contributed by atoms with Crippen LogP contribution in [0.2, 0.25) is 0 Å². The van der Waals surface area contributed by atoms with Gasteiger partial charge in [-0.25, -0.2) is 0 Å². The molecule has 0 amide bonds. The predicted octanol–water partition coefficient (Wildman–Crippen LogP) is 3.41. The number of halogens is 1. The van der Waals surface area contributed by atoms with E-state index >= 15 is 0 Å². The van der Waals surface area contributed by atoms with Crippen molar-refractivity contribution in [3.05, 3.63) is 33.1 Å². The fraction of sp³-hybridized carbons (Fsp3) is 0. The lowest BCUT2D eigenvalue weighted by Crippen LogP contribution is -1.75. The molecule has 4 heteroatoms. The molecule has 0 aliphatic carbocycles. The first-order chi connectivity index (χ1) is 6.77. The standard InChI is InChI=1S/C10H3BrN2S/c11-7-2-1-3-8-10(7)6(4-12)9(5-13)14-8/h1-3H. The van der Waals surface area contributed by atoms with Gasteiger partial charge in [0, 0.05) is 14.6 Å². The highest BCUT2D eigenvalue weighted by Gasteiger charge is 2.13. The number of thiophene rings is 1. The molecule has 1 heterocycles. The van der Waals surface area contributed by atoms with E-state index in [-0.39, 0.29) is 0 Å². The molecule has 0 saturated heterocycles. The van der Waals surface area contributed by atoms with Crippen molar-refractivity contribution in [3.8, 4) is 12.1 Å². The molecule has 0 bridgehead atoms. The van der Waals surface area contributed by atoms with Gasteiger partial charge in [-0.05, 0) is 12.1 Å². The van der Waals surface area contributed by atoms with E-state index in [0.29, 0.717) is 10.4 Å². The Balaban J connectivity index is 2.99. The van der Waals surface area contributed by atoms with Gasteiger partial charge < -0.3 is 0 Å². The third-order valence-corrected chi connectivity index (χ3v) is 3.60. The topological polar surface area (TPSA) is 47.6 Å². The van der Waals surface area contributed by atoms with Crippen molar-refractivity contribution < 1.29 is 0 Å². The van der Waals surface area contributed by atoms with Gasteiger partial charge in [-0.15, -0.1) is 11.3 Å². The largest absolute Gasteiger partial charge is 0.192 e. The Morgan fingerprint density at radius 2 is 2.00 bits per heavy atom. The molecule has 0 N–H and O–H groups in total. The van der Waals surface area contributed by atoms with Crippen molar-refractivity contribution in [2.75, 3.05) is 0 Å². The molecule has 2 aromatic rings. The lowest BCUT2D eigenvalue weighted by molar-refractivity contribution is 1.48. The van der Waals surface area contributed by atoms with E-state index in [1.165, 1.54) is 11.3 Å². The smallest absolute Gasteiger partial charge is 0.123 e. The van der Waals surface area contributed by atoms with E-state index < -0.39 is 0 Å². The molecule has 0 aliphatic heterocycles. The zero-order chi connectivity index (χ0) is 10.1. The quantitative estimate of drug-likeness (QED) is 0.731. The maximum Gasteiger partial charge on any atom is 0.123 e. The third kappa shape index (κ3) is 1.21. The first-order valence-electron chi connectivity index (χ1n) is 3.79. The summed E-state index contributed by atoms with van der Waals surface area (Å²) in [6.45, 7) is 0. The van der Waals surface area contributed by atoms with E-state index in [1.807, 2.05) is 24.3 Å². The lowest BCUT2D eigenvalue weighted by Gasteiger charge is -1.92. The molecular weight excluding hydrogens is 260 g/mol. The maximum absolute atomic E-state index is 8.95. The Kier molecular flexibility index (Phi) is 2.25. The first-order valence-corrected chi connectivity index (χ1v) is 5.40. The third-order valence-electron chi connectivity index (χ3n) is 1.88. The van der Waals surface area contributed by atoms with E-state index in [2.05, 4.69) is 22.0 Å². The number of benzene rings is 1.